The zero-order chi connectivity index (χ0) is 13.7. The highest BCUT2D eigenvalue weighted by Gasteiger charge is 2.32. The average molecular weight is 261 g/mol. The summed E-state index contributed by atoms with van der Waals surface area (Å²) in [5, 5.41) is 14.3. The van der Waals surface area contributed by atoms with Gasteiger partial charge in [-0.3, -0.25) is 0 Å². The molecule has 1 fully saturated rings. The first-order chi connectivity index (χ1) is 9.11. The SMILES string of the molecule is CCCNC1CCC(O)(Cc2cccc(C)c2)CC1. The minimum Gasteiger partial charge on any atom is -0.390 e. The van der Waals surface area contributed by atoms with E-state index in [0.29, 0.717) is 6.04 Å². The van der Waals surface area contributed by atoms with E-state index in [-0.39, 0.29) is 0 Å². The van der Waals surface area contributed by atoms with Crippen LogP contribution in [0.5, 0.6) is 0 Å². The summed E-state index contributed by atoms with van der Waals surface area (Å²) in [4.78, 5) is 0. The molecule has 2 nitrogen and oxygen atoms in total. The topological polar surface area (TPSA) is 32.3 Å². The number of rotatable bonds is 5. The molecule has 106 valence electrons. The molecule has 0 aliphatic heterocycles. The number of hydrogen-bond donors (Lipinski definition) is 2. The minimum atomic E-state index is -0.488. The Morgan fingerprint density at radius 2 is 2.05 bits per heavy atom. The van der Waals surface area contributed by atoms with E-state index in [9.17, 15) is 5.11 Å². The lowest BCUT2D eigenvalue weighted by molar-refractivity contribution is -0.00306. The van der Waals surface area contributed by atoms with Gasteiger partial charge >= 0.3 is 0 Å². The van der Waals surface area contributed by atoms with Crippen LogP contribution in [0.15, 0.2) is 24.3 Å². The van der Waals surface area contributed by atoms with Crippen LogP contribution in [0.3, 0.4) is 0 Å². The third-order valence-corrected chi connectivity index (χ3v) is 4.21. The maximum absolute atomic E-state index is 10.7. The molecule has 2 N–H and O–H groups in total. The summed E-state index contributed by atoms with van der Waals surface area (Å²) in [5.74, 6) is 0. The van der Waals surface area contributed by atoms with E-state index in [2.05, 4.69) is 43.4 Å². The van der Waals surface area contributed by atoms with Crippen LogP contribution >= 0.6 is 0 Å². The third-order valence-electron chi connectivity index (χ3n) is 4.21. The van der Waals surface area contributed by atoms with Crippen molar-refractivity contribution in [2.75, 3.05) is 6.54 Å². The Labute approximate surface area is 117 Å². The molecule has 1 aliphatic carbocycles. The lowest BCUT2D eigenvalue weighted by Gasteiger charge is -2.36. The van der Waals surface area contributed by atoms with Crippen molar-refractivity contribution >= 4 is 0 Å². The van der Waals surface area contributed by atoms with E-state index in [0.717, 1.165) is 38.6 Å². The van der Waals surface area contributed by atoms with E-state index in [1.54, 1.807) is 0 Å². The molecule has 0 radical (unpaired) electrons. The Morgan fingerprint density at radius 3 is 2.68 bits per heavy atom. The van der Waals surface area contributed by atoms with E-state index < -0.39 is 5.60 Å². The van der Waals surface area contributed by atoms with Crippen LogP contribution in [-0.2, 0) is 6.42 Å². The van der Waals surface area contributed by atoms with Gasteiger partial charge in [0, 0.05) is 12.5 Å². The lowest BCUT2D eigenvalue weighted by atomic mass is 9.78. The molecular formula is C17H27NO. The zero-order valence-electron chi connectivity index (χ0n) is 12.3. The summed E-state index contributed by atoms with van der Waals surface area (Å²) in [6.45, 7) is 5.41. The number of benzene rings is 1. The quantitative estimate of drug-likeness (QED) is 0.853. The van der Waals surface area contributed by atoms with Gasteiger partial charge in [-0.05, 0) is 51.1 Å². The predicted octanol–water partition coefficient (Wildman–Crippen LogP) is 3.21. The first-order valence-electron chi connectivity index (χ1n) is 7.63. The fourth-order valence-corrected chi connectivity index (χ4v) is 3.09. The molecule has 0 atom stereocenters. The monoisotopic (exact) mass is 261 g/mol. The second-order valence-corrected chi connectivity index (χ2v) is 6.12. The van der Waals surface area contributed by atoms with Crippen molar-refractivity contribution in [3.05, 3.63) is 35.4 Å². The summed E-state index contributed by atoms with van der Waals surface area (Å²) < 4.78 is 0. The molecule has 1 saturated carbocycles. The van der Waals surface area contributed by atoms with Gasteiger partial charge in [-0.1, -0.05) is 36.8 Å². The third kappa shape index (κ3) is 4.32. The van der Waals surface area contributed by atoms with Gasteiger partial charge in [-0.2, -0.15) is 0 Å². The second kappa shape index (κ2) is 6.53. The molecule has 19 heavy (non-hydrogen) atoms. The van der Waals surface area contributed by atoms with Crippen molar-refractivity contribution in [3.8, 4) is 0 Å². The zero-order valence-corrected chi connectivity index (χ0v) is 12.3. The van der Waals surface area contributed by atoms with E-state index in [1.165, 1.54) is 17.5 Å². The Kier molecular flexibility index (Phi) is 5.00. The van der Waals surface area contributed by atoms with Crippen molar-refractivity contribution in [2.45, 2.75) is 64.0 Å². The van der Waals surface area contributed by atoms with Gasteiger partial charge in [0.15, 0.2) is 0 Å². The first-order valence-corrected chi connectivity index (χ1v) is 7.63. The van der Waals surface area contributed by atoms with Crippen LogP contribution in [0.2, 0.25) is 0 Å². The normalized spacial score (nSPS) is 27.4. The summed E-state index contributed by atoms with van der Waals surface area (Å²) in [5.41, 5.74) is 2.06. The Hall–Kier alpha value is -0.860. The van der Waals surface area contributed by atoms with Gasteiger partial charge < -0.3 is 10.4 Å². The highest BCUT2D eigenvalue weighted by molar-refractivity contribution is 5.23. The van der Waals surface area contributed by atoms with Gasteiger partial charge in [0.2, 0.25) is 0 Å². The first kappa shape index (κ1) is 14.5. The van der Waals surface area contributed by atoms with Gasteiger partial charge in [0.05, 0.1) is 5.60 Å². The number of aliphatic hydroxyl groups is 1. The second-order valence-electron chi connectivity index (χ2n) is 6.12. The number of aryl methyl sites for hydroxylation is 1. The summed E-state index contributed by atoms with van der Waals surface area (Å²) in [6.07, 6.45) is 6.02. The number of nitrogens with one attached hydrogen (secondary N) is 1. The van der Waals surface area contributed by atoms with Crippen molar-refractivity contribution in [1.29, 1.82) is 0 Å². The number of hydrogen-bond acceptors (Lipinski definition) is 2. The molecule has 2 rings (SSSR count). The van der Waals surface area contributed by atoms with Gasteiger partial charge in [0.1, 0.15) is 0 Å². The maximum Gasteiger partial charge on any atom is 0.0689 e. The Bertz CT molecular complexity index is 394. The van der Waals surface area contributed by atoms with Gasteiger partial charge in [0.25, 0.3) is 0 Å². The highest BCUT2D eigenvalue weighted by Crippen LogP contribution is 2.31. The standard InChI is InChI=1S/C17H27NO/c1-3-11-18-16-7-9-17(19,10-8-16)13-15-6-4-5-14(2)12-15/h4-6,12,16,18-19H,3,7-11,13H2,1-2H3. The molecule has 2 heteroatoms. The molecule has 0 aromatic heterocycles. The molecule has 0 amide bonds. The van der Waals surface area contributed by atoms with E-state index >= 15 is 0 Å². The molecule has 1 aromatic carbocycles. The lowest BCUT2D eigenvalue weighted by Crippen LogP contribution is -2.42. The fourth-order valence-electron chi connectivity index (χ4n) is 3.09. The van der Waals surface area contributed by atoms with Crippen molar-refractivity contribution in [1.82, 2.24) is 5.32 Å². The van der Waals surface area contributed by atoms with Crippen LogP contribution in [-0.4, -0.2) is 23.3 Å². The van der Waals surface area contributed by atoms with Crippen LogP contribution in [0.1, 0.15) is 50.2 Å². The molecule has 0 spiro atoms. The van der Waals surface area contributed by atoms with Gasteiger partial charge in [-0.15, -0.1) is 0 Å². The van der Waals surface area contributed by atoms with E-state index in [4.69, 9.17) is 0 Å². The van der Waals surface area contributed by atoms with Crippen molar-refractivity contribution < 1.29 is 5.11 Å². The highest BCUT2D eigenvalue weighted by atomic mass is 16.3. The molecule has 1 aromatic rings. The molecule has 1 aliphatic rings. The average Bonchev–Trinajstić information content (AvgIpc) is 2.38. The summed E-state index contributed by atoms with van der Waals surface area (Å²) in [7, 11) is 0. The molecule has 0 unspecified atom stereocenters. The van der Waals surface area contributed by atoms with Gasteiger partial charge in [-0.25, -0.2) is 0 Å². The van der Waals surface area contributed by atoms with Crippen LogP contribution in [0, 0.1) is 6.92 Å². The Morgan fingerprint density at radius 1 is 1.32 bits per heavy atom. The van der Waals surface area contributed by atoms with Crippen molar-refractivity contribution in [2.24, 2.45) is 0 Å². The molecule has 0 bridgehead atoms. The molecule has 0 saturated heterocycles. The van der Waals surface area contributed by atoms with Crippen LogP contribution < -0.4 is 5.32 Å². The largest absolute Gasteiger partial charge is 0.390 e. The van der Waals surface area contributed by atoms with Crippen LogP contribution in [0.25, 0.3) is 0 Å². The maximum atomic E-state index is 10.7. The fraction of sp³-hybridized carbons (Fsp3) is 0.647. The molecular weight excluding hydrogens is 234 g/mol. The Balaban J connectivity index is 1.87. The summed E-state index contributed by atoms with van der Waals surface area (Å²) >= 11 is 0. The smallest absolute Gasteiger partial charge is 0.0689 e. The predicted molar refractivity (Wildman–Crippen MR) is 80.4 cm³/mol. The summed E-state index contributed by atoms with van der Waals surface area (Å²) in [6, 6.07) is 9.13. The van der Waals surface area contributed by atoms with Crippen molar-refractivity contribution in [3.63, 3.8) is 0 Å². The van der Waals surface area contributed by atoms with E-state index in [1.807, 2.05) is 0 Å². The molecule has 0 heterocycles. The minimum absolute atomic E-state index is 0.488. The van der Waals surface area contributed by atoms with Crippen LogP contribution in [0.4, 0.5) is 0 Å².